The van der Waals surface area contributed by atoms with E-state index in [1.807, 2.05) is 48.5 Å². The Bertz CT molecular complexity index is 2580. The fourth-order valence-electron chi connectivity index (χ4n) is 7.44. The summed E-state index contributed by atoms with van der Waals surface area (Å²) in [6.45, 7) is 0. The molecule has 0 saturated heterocycles. The van der Waals surface area contributed by atoms with Gasteiger partial charge in [0, 0.05) is 22.7 Å². The van der Waals surface area contributed by atoms with Crippen LogP contribution in [-0.4, -0.2) is 11.9 Å². The van der Waals surface area contributed by atoms with Gasteiger partial charge in [0.15, 0.2) is 0 Å². The number of nitrogens with zero attached hydrogens (tertiary/aromatic N) is 5. The van der Waals surface area contributed by atoms with Gasteiger partial charge in [-0.2, -0.15) is 9.48 Å². The maximum atomic E-state index is 5.56. The quantitative estimate of drug-likeness (QED) is 0.0849. The van der Waals surface area contributed by atoms with E-state index in [2.05, 4.69) is 243 Å². The third kappa shape index (κ3) is 8.90. The van der Waals surface area contributed by atoms with Crippen molar-refractivity contribution in [1.82, 2.24) is 4.58 Å². The van der Waals surface area contributed by atoms with Crippen LogP contribution in [0.25, 0.3) is 0 Å². The normalized spacial score (nSPS) is 10.6. The summed E-state index contributed by atoms with van der Waals surface area (Å²) < 4.78 is 2.26. The zero-order valence-electron chi connectivity index (χ0n) is 34.1. The average Bonchev–Trinajstić information content (AvgIpc) is 3.35. The van der Waals surface area contributed by atoms with Gasteiger partial charge in [0.05, 0.1) is 11.4 Å². The predicted molar refractivity (Wildman–Crippen MR) is 262 cm³/mol. The molecule has 0 saturated carbocycles. The Kier molecular flexibility index (Phi) is 12.0. The lowest BCUT2D eigenvalue weighted by atomic mass is 10.2. The van der Waals surface area contributed by atoms with Crippen LogP contribution < -0.4 is 24.6 Å². The van der Waals surface area contributed by atoms with E-state index in [9.17, 15) is 0 Å². The van der Waals surface area contributed by atoms with Crippen LogP contribution >= 0.6 is 0 Å². The fraction of sp³-hybridized carbons (Fsp3) is 0. The Labute approximate surface area is 363 Å². The predicted octanol–water partition coefficient (Wildman–Crippen LogP) is 14.5. The minimum Gasteiger partial charge on any atom is -0.280 e. The first kappa shape index (κ1) is 39.0. The van der Waals surface area contributed by atoms with Crippen LogP contribution in [0, 0.1) is 0 Å². The maximum absolute atomic E-state index is 5.56. The summed E-state index contributed by atoms with van der Waals surface area (Å²) in [4.78, 5) is 12.3. The molecule has 6 heteroatoms. The molecule has 9 aromatic carbocycles. The van der Waals surface area contributed by atoms with E-state index in [0.29, 0.717) is 5.96 Å². The molecule has 298 valence electrons. The topological polar surface area (TPSA) is 37.1 Å². The third-order valence-electron chi connectivity index (χ3n) is 10.3. The molecule has 0 atom stereocenters. The minimum atomic E-state index is 0.714. The standard InChI is InChI=1S/C56H44N6/c1-9-25-47(26-10-1)59(48-27-11-2-12-28-48)55(60(49-29-13-3-14-30-49)50-31-15-4-16-32-50)57-45-41-43-46(44-42-45)58-56(61(51-33-17-5-18-34-51)52-35-19-6-20-36-52)62(53-37-21-7-22-38-53)54-39-23-8-24-40-54/h1-44H/p+1. The van der Waals surface area contributed by atoms with Crippen LogP contribution in [0.1, 0.15) is 0 Å². The highest BCUT2D eigenvalue weighted by atomic mass is 15.4. The number of nitrogens with one attached hydrogen (secondary N) is 1. The molecule has 9 rings (SSSR count). The van der Waals surface area contributed by atoms with Gasteiger partial charge in [-0.05, 0) is 121 Å². The van der Waals surface area contributed by atoms with Crippen molar-refractivity contribution in [3.63, 3.8) is 0 Å². The Morgan fingerprint density at radius 1 is 0.306 bits per heavy atom. The highest BCUT2D eigenvalue weighted by Crippen LogP contribution is 2.35. The summed E-state index contributed by atoms with van der Waals surface area (Å²) in [7, 11) is 0. The van der Waals surface area contributed by atoms with E-state index in [1.54, 1.807) is 0 Å². The minimum absolute atomic E-state index is 0.714. The SMILES string of the molecule is c1ccc(N(C(=Nc2ccc(NC(N(c3ccccc3)c3ccccc3)=[N+](c3ccccc3)c3ccccc3)cc2)N(c2ccccc2)c2ccccc2)c2ccccc2)cc1. The molecule has 1 N–H and O–H groups in total. The monoisotopic (exact) mass is 801 g/mol. The highest BCUT2D eigenvalue weighted by molar-refractivity contribution is 6.16. The highest BCUT2D eigenvalue weighted by Gasteiger charge is 2.30. The molecule has 62 heavy (non-hydrogen) atoms. The number of anilines is 7. The molecule has 0 aliphatic carbocycles. The summed E-state index contributed by atoms with van der Waals surface area (Å²) in [5.74, 6) is 1.54. The Morgan fingerprint density at radius 2 is 0.581 bits per heavy atom. The molecule has 0 radical (unpaired) electrons. The molecule has 0 aliphatic heterocycles. The molecule has 6 nitrogen and oxygen atoms in total. The summed E-state index contributed by atoms with van der Waals surface area (Å²) >= 11 is 0. The summed E-state index contributed by atoms with van der Waals surface area (Å²) in [5.41, 5.74) is 9.63. The molecule has 0 heterocycles. The third-order valence-corrected chi connectivity index (χ3v) is 10.3. The van der Waals surface area contributed by atoms with E-state index in [-0.39, 0.29) is 0 Å². The van der Waals surface area contributed by atoms with Crippen molar-refractivity contribution in [2.75, 3.05) is 20.0 Å². The van der Waals surface area contributed by atoms with Crippen LogP contribution in [0.4, 0.5) is 56.9 Å². The molecule has 0 bridgehead atoms. The molecule has 0 spiro atoms. The zero-order valence-corrected chi connectivity index (χ0v) is 34.1. The van der Waals surface area contributed by atoms with E-state index < -0.39 is 0 Å². The second kappa shape index (κ2) is 19.1. The smallest absolute Gasteiger partial charge is 0.280 e. The van der Waals surface area contributed by atoms with Crippen molar-refractivity contribution in [1.29, 1.82) is 0 Å². The number of aliphatic imine (C=N–C) groups is 1. The van der Waals surface area contributed by atoms with Crippen molar-refractivity contribution in [3.05, 3.63) is 267 Å². The van der Waals surface area contributed by atoms with E-state index in [0.717, 1.165) is 62.8 Å². The number of para-hydroxylation sites is 8. The first-order valence-electron chi connectivity index (χ1n) is 20.7. The lowest BCUT2D eigenvalue weighted by Crippen LogP contribution is -2.40. The summed E-state index contributed by atoms with van der Waals surface area (Å²) in [5, 5.41) is 3.90. The van der Waals surface area contributed by atoms with Crippen molar-refractivity contribution in [2.24, 2.45) is 4.99 Å². The van der Waals surface area contributed by atoms with Crippen molar-refractivity contribution >= 4 is 68.8 Å². The lowest BCUT2D eigenvalue weighted by Gasteiger charge is -2.35. The van der Waals surface area contributed by atoms with Crippen molar-refractivity contribution in [3.8, 4) is 0 Å². The molecule has 0 unspecified atom stereocenters. The van der Waals surface area contributed by atoms with Crippen LogP contribution in [0.3, 0.4) is 0 Å². The lowest BCUT2D eigenvalue weighted by molar-refractivity contribution is 1.05. The number of rotatable bonds is 10. The molecule has 0 aromatic heterocycles. The second-order valence-electron chi connectivity index (χ2n) is 14.4. The first-order valence-corrected chi connectivity index (χ1v) is 20.7. The van der Waals surface area contributed by atoms with Crippen molar-refractivity contribution < 1.29 is 0 Å². The largest absolute Gasteiger partial charge is 0.373 e. The second-order valence-corrected chi connectivity index (χ2v) is 14.4. The molecule has 0 amide bonds. The van der Waals surface area contributed by atoms with Crippen LogP contribution in [0.2, 0.25) is 0 Å². The summed E-state index contributed by atoms with van der Waals surface area (Å²) in [6, 6.07) is 91.9. The average molecular weight is 802 g/mol. The molecule has 9 aromatic rings. The van der Waals surface area contributed by atoms with Gasteiger partial charge in [-0.15, -0.1) is 0 Å². The number of hydrogen-bond donors (Lipinski definition) is 1. The summed E-state index contributed by atoms with van der Waals surface area (Å²) in [6.07, 6.45) is 0. The Morgan fingerprint density at radius 3 is 0.887 bits per heavy atom. The van der Waals surface area contributed by atoms with E-state index in [4.69, 9.17) is 4.99 Å². The van der Waals surface area contributed by atoms with Gasteiger partial charge >= 0.3 is 5.96 Å². The van der Waals surface area contributed by atoms with Gasteiger partial charge < -0.3 is 0 Å². The molecule has 0 aliphatic rings. The van der Waals surface area contributed by atoms with Gasteiger partial charge in [0.1, 0.15) is 22.7 Å². The number of guanidine groups is 2. The van der Waals surface area contributed by atoms with Gasteiger partial charge in [-0.25, -0.2) is 10.3 Å². The van der Waals surface area contributed by atoms with Gasteiger partial charge in [-0.1, -0.05) is 146 Å². The van der Waals surface area contributed by atoms with E-state index in [1.165, 1.54) is 0 Å². The molecular formula is C56H45N6+. The number of benzene rings is 9. The molecular weight excluding hydrogens is 757 g/mol. The first-order chi connectivity index (χ1) is 30.8. The Hall–Kier alpha value is -8.48. The van der Waals surface area contributed by atoms with Crippen LogP contribution in [-0.2, 0) is 0 Å². The van der Waals surface area contributed by atoms with E-state index >= 15 is 0 Å². The fourth-order valence-corrected chi connectivity index (χ4v) is 7.44. The van der Waals surface area contributed by atoms with Crippen LogP contribution in [0.5, 0.6) is 0 Å². The Balaban J connectivity index is 1.22. The van der Waals surface area contributed by atoms with Crippen LogP contribution in [0.15, 0.2) is 272 Å². The molecule has 0 fully saturated rings. The maximum Gasteiger partial charge on any atom is 0.373 e. The van der Waals surface area contributed by atoms with Gasteiger partial charge in [-0.3, -0.25) is 9.80 Å². The van der Waals surface area contributed by atoms with Gasteiger partial charge in [0.25, 0.3) is 0 Å². The zero-order chi connectivity index (χ0) is 41.8. The van der Waals surface area contributed by atoms with Gasteiger partial charge in [0.2, 0.25) is 5.96 Å². The number of hydrogen-bond acceptors (Lipinski definition) is 1. The van der Waals surface area contributed by atoms with Crippen molar-refractivity contribution in [2.45, 2.75) is 0 Å².